The molecule has 0 aliphatic carbocycles. The number of rotatable bonds is 1. The van der Waals surface area contributed by atoms with E-state index < -0.39 is 21.5 Å². The first-order chi connectivity index (χ1) is 7.18. The fraction of sp³-hybridized carbons (Fsp3) is 0.700. The number of ether oxygens (including phenoxy) is 1. The number of hydrogen-bond acceptors (Lipinski definition) is 4. The Hall–Kier alpha value is -1.04. The summed E-state index contributed by atoms with van der Waals surface area (Å²) in [6, 6.07) is -0.265. The minimum atomic E-state index is -3.06. The Morgan fingerprint density at radius 1 is 1.44 bits per heavy atom. The normalized spacial score (nSPS) is 23.8. The number of amides is 1. The van der Waals surface area contributed by atoms with Crippen LogP contribution in [0.15, 0.2) is 11.5 Å². The van der Waals surface area contributed by atoms with E-state index in [0.717, 1.165) is 5.41 Å². The number of carbonyl (C=O) groups excluding carboxylic acids is 1. The largest absolute Gasteiger partial charge is 0.444 e. The summed E-state index contributed by atoms with van der Waals surface area (Å²) in [6.45, 7) is 5.31. The van der Waals surface area contributed by atoms with Crippen LogP contribution in [0.5, 0.6) is 0 Å². The molecule has 0 saturated heterocycles. The highest BCUT2D eigenvalue weighted by Gasteiger charge is 2.22. The van der Waals surface area contributed by atoms with E-state index in [2.05, 4.69) is 5.32 Å². The van der Waals surface area contributed by atoms with Crippen molar-refractivity contribution in [1.29, 1.82) is 0 Å². The van der Waals surface area contributed by atoms with Gasteiger partial charge in [-0.2, -0.15) is 0 Å². The standard InChI is InChI=1S/C10H17NO4S/c1-10(2,3)15-9(12)11-8-4-6-16(13,14)7-5-8/h4,6,8H,5,7H2,1-3H3,(H,11,12). The molecular weight excluding hydrogens is 230 g/mol. The number of alkyl carbamates (subject to hydrolysis) is 1. The van der Waals surface area contributed by atoms with Crippen LogP contribution in [0.3, 0.4) is 0 Å². The van der Waals surface area contributed by atoms with Crippen LogP contribution in [0.2, 0.25) is 0 Å². The van der Waals surface area contributed by atoms with Crippen LogP contribution in [0.4, 0.5) is 4.79 Å². The first-order valence-corrected chi connectivity index (χ1v) is 6.80. The summed E-state index contributed by atoms with van der Waals surface area (Å²) >= 11 is 0. The third-order valence-electron chi connectivity index (χ3n) is 1.93. The van der Waals surface area contributed by atoms with Crippen LogP contribution in [0, 0.1) is 0 Å². The second kappa shape index (κ2) is 4.45. The van der Waals surface area contributed by atoms with E-state index in [0.29, 0.717) is 6.42 Å². The van der Waals surface area contributed by atoms with Crippen molar-refractivity contribution < 1.29 is 17.9 Å². The van der Waals surface area contributed by atoms with Gasteiger partial charge in [-0.1, -0.05) is 6.08 Å². The summed E-state index contributed by atoms with van der Waals surface area (Å²) in [6.07, 6.45) is 1.34. The van der Waals surface area contributed by atoms with E-state index in [1.807, 2.05) is 0 Å². The summed E-state index contributed by atoms with van der Waals surface area (Å²) in [5.74, 6) is 0.0595. The molecule has 92 valence electrons. The van der Waals surface area contributed by atoms with Crippen molar-refractivity contribution in [2.45, 2.75) is 38.8 Å². The molecule has 5 nitrogen and oxygen atoms in total. The van der Waals surface area contributed by atoms with Gasteiger partial charge < -0.3 is 10.1 Å². The van der Waals surface area contributed by atoms with Gasteiger partial charge in [0.1, 0.15) is 5.60 Å². The van der Waals surface area contributed by atoms with E-state index in [-0.39, 0.29) is 11.8 Å². The Kier molecular flexibility index (Phi) is 3.62. The predicted molar refractivity (Wildman–Crippen MR) is 60.7 cm³/mol. The summed E-state index contributed by atoms with van der Waals surface area (Å²) in [5.41, 5.74) is -0.547. The van der Waals surface area contributed by atoms with Gasteiger partial charge in [0.15, 0.2) is 9.84 Å². The lowest BCUT2D eigenvalue weighted by molar-refractivity contribution is 0.0513. The lowest BCUT2D eigenvalue weighted by atomic mass is 10.2. The quantitative estimate of drug-likeness (QED) is 0.756. The number of nitrogens with one attached hydrogen (secondary N) is 1. The maximum atomic E-state index is 11.4. The van der Waals surface area contributed by atoms with Crippen LogP contribution in [0.25, 0.3) is 0 Å². The second-order valence-electron chi connectivity index (χ2n) is 4.74. The molecule has 0 fully saturated rings. The van der Waals surface area contributed by atoms with Gasteiger partial charge in [0, 0.05) is 5.41 Å². The lowest BCUT2D eigenvalue weighted by Crippen LogP contribution is -2.40. The molecule has 0 aromatic rings. The fourth-order valence-corrected chi connectivity index (χ4v) is 2.40. The predicted octanol–water partition coefficient (Wildman–Crippen LogP) is 1.21. The van der Waals surface area contributed by atoms with Gasteiger partial charge in [-0.3, -0.25) is 0 Å². The van der Waals surface area contributed by atoms with Crippen LogP contribution < -0.4 is 5.32 Å². The third-order valence-corrected chi connectivity index (χ3v) is 3.31. The molecule has 0 aromatic heterocycles. The number of hydrogen-bond donors (Lipinski definition) is 1. The SMILES string of the molecule is CC(C)(C)OC(=O)NC1C=CS(=O)(=O)CC1. The minimum absolute atomic E-state index is 0.0595. The van der Waals surface area contributed by atoms with Gasteiger partial charge in [0.25, 0.3) is 0 Å². The highest BCUT2D eigenvalue weighted by molar-refractivity contribution is 7.94. The Balaban J connectivity index is 2.49. The van der Waals surface area contributed by atoms with Gasteiger partial charge in [-0.25, -0.2) is 13.2 Å². The molecule has 1 amide bonds. The molecule has 1 heterocycles. The van der Waals surface area contributed by atoms with Crippen LogP contribution >= 0.6 is 0 Å². The monoisotopic (exact) mass is 247 g/mol. The molecule has 1 rings (SSSR count). The molecule has 6 heteroatoms. The molecule has 1 N–H and O–H groups in total. The molecule has 1 unspecified atom stereocenters. The first-order valence-electron chi connectivity index (χ1n) is 5.08. The van der Waals surface area contributed by atoms with Crippen molar-refractivity contribution in [2.75, 3.05) is 5.75 Å². The molecule has 0 bridgehead atoms. The number of carbonyl (C=O) groups is 1. The first kappa shape index (κ1) is 13.0. The summed E-state index contributed by atoms with van der Waals surface area (Å²) in [5, 5.41) is 3.74. The highest BCUT2D eigenvalue weighted by atomic mass is 32.2. The summed E-state index contributed by atoms with van der Waals surface area (Å²) in [7, 11) is -3.06. The zero-order valence-electron chi connectivity index (χ0n) is 9.69. The molecule has 0 aromatic carbocycles. The van der Waals surface area contributed by atoms with Gasteiger partial charge in [-0.15, -0.1) is 0 Å². The van der Waals surface area contributed by atoms with Gasteiger partial charge in [0.05, 0.1) is 11.8 Å². The van der Waals surface area contributed by atoms with Crippen molar-refractivity contribution in [1.82, 2.24) is 5.32 Å². The molecule has 1 aliphatic heterocycles. The van der Waals surface area contributed by atoms with E-state index in [1.54, 1.807) is 20.8 Å². The van der Waals surface area contributed by atoms with Gasteiger partial charge in [0.2, 0.25) is 0 Å². The van der Waals surface area contributed by atoms with Crippen molar-refractivity contribution in [3.63, 3.8) is 0 Å². The Labute approximate surface area is 95.8 Å². The Bertz CT molecular complexity index is 392. The van der Waals surface area contributed by atoms with Crippen molar-refractivity contribution in [3.05, 3.63) is 11.5 Å². The Morgan fingerprint density at radius 2 is 2.06 bits per heavy atom. The molecule has 1 aliphatic rings. The Morgan fingerprint density at radius 3 is 2.50 bits per heavy atom. The lowest BCUT2D eigenvalue weighted by Gasteiger charge is -2.23. The van der Waals surface area contributed by atoms with Crippen molar-refractivity contribution in [3.8, 4) is 0 Å². The van der Waals surface area contributed by atoms with Crippen LogP contribution in [-0.2, 0) is 14.6 Å². The average Bonchev–Trinajstić information content (AvgIpc) is 2.05. The van der Waals surface area contributed by atoms with Gasteiger partial charge >= 0.3 is 6.09 Å². The minimum Gasteiger partial charge on any atom is -0.444 e. The van der Waals surface area contributed by atoms with E-state index in [4.69, 9.17) is 4.74 Å². The van der Waals surface area contributed by atoms with Crippen molar-refractivity contribution >= 4 is 15.9 Å². The average molecular weight is 247 g/mol. The highest BCUT2D eigenvalue weighted by Crippen LogP contribution is 2.11. The maximum absolute atomic E-state index is 11.4. The topological polar surface area (TPSA) is 72.5 Å². The number of sulfone groups is 1. The zero-order chi connectivity index (χ0) is 12.4. The summed E-state index contributed by atoms with van der Waals surface area (Å²) in [4.78, 5) is 11.4. The molecular formula is C10H17NO4S. The fourth-order valence-electron chi connectivity index (χ4n) is 1.25. The summed E-state index contributed by atoms with van der Waals surface area (Å²) < 4.78 is 27.2. The van der Waals surface area contributed by atoms with E-state index in [9.17, 15) is 13.2 Å². The smallest absolute Gasteiger partial charge is 0.408 e. The molecule has 0 radical (unpaired) electrons. The van der Waals surface area contributed by atoms with E-state index in [1.165, 1.54) is 6.08 Å². The molecule has 0 saturated carbocycles. The molecule has 16 heavy (non-hydrogen) atoms. The van der Waals surface area contributed by atoms with Crippen LogP contribution in [-0.4, -0.2) is 31.9 Å². The third kappa shape index (κ3) is 4.65. The van der Waals surface area contributed by atoms with Crippen LogP contribution in [0.1, 0.15) is 27.2 Å². The zero-order valence-corrected chi connectivity index (χ0v) is 10.5. The second-order valence-corrected chi connectivity index (χ2v) is 6.74. The van der Waals surface area contributed by atoms with Gasteiger partial charge in [-0.05, 0) is 27.2 Å². The maximum Gasteiger partial charge on any atom is 0.408 e. The molecule has 1 atom stereocenters. The molecule has 0 spiro atoms. The van der Waals surface area contributed by atoms with E-state index >= 15 is 0 Å². The van der Waals surface area contributed by atoms with Crippen molar-refractivity contribution in [2.24, 2.45) is 0 Å².